The number of benzene rings is 4. The lowest BCUT2D eigenvalue weighted by atomic mass is 9.93. The zero-order valence-electron chi connectivity index (χ0n) is 30.0. The Morgan fingerprint density at radius 1 is 0.759 bits per heavy atom. The SMILES string of the molecule is COc1ccc(C(C)C)cc1-c1ccc(OCc2ccccc2)cc1CN(Cc1cc(C(F)(F)F)cc(C(F)(F)F)c1)c1ncc(N2CCOCC2)cn1. The number of morpholine rings is 1. The van der Waals surface area contributed by atoms with Gasteiger partial charge in [0.05, 0.1) is 49.5 Å². The number of hydrogen-bond donors (Lipinski definition) is 0. The van der Waals surface area contributed by atoms with Crippen LogP contribution in [0.25, 0.3) is 11.1 Å². The average Bonchev–Trinajstić information content (AvgIpc) is 3.16. The molecule has 1 saturated heterocycles. The number of ether oxygens (including phenoxy) is 3. The number of methoxy groups -OCH3 is 1. The van der Waals surface area contributed by atoms with Gasteiger partial charge in [0.25, 0.3) is 0 Å². The highest BCUT2D eigenvalue weighted by molar-refractivity contribution is 5.75. The van der Waals surface area contributed by atoms with Gasteiger partial charge in [0, 0.05) is 31.7 Å². The minimum absolute atomic E-state index is 0.0125. The molecule has 6 rings (SSSR count). The van der Waals surface area contributed by atoms with E-state index in [0.29, 0.717) is 49.1 Å². The van der Waals surface area contributed by atoms with Crippen molar-refractivity contribution in [3.63, 3.8) is 0 Å². The summed E-state index contributed by atoms with van der Waals surface area (Å²) in [5.74, 6) is 1.40. The molecule has 5 aromatic rings. The molecule has 0 bridgehead atoms. The summed E-state index contributed by atoms with van der Waals surface area (Å²) in [5.41, 5.74) is 1.84. The predicted octanol–water partition coefficient (Wildman–Crippen LogP) is 9.94. The standard InChI is InChI=1S/C41H40F6N4O3/c1-27(2)30-9-12-38(52-3)37(20-30)36-11-10-35(54-26-28-7-5-4-6-8-28)19-31(36)25-51(39-48-22-34(23-49-39)50-13-15-53-16-14-50)24-29-17-32(40(42,43)44)21-33(18-29)41(45,46)47/h4-12,17-23,27H,13-16,24-26H2,1-3H3. The maximum absolute atomic E-state index is 14.0. The highest BCUT2D eigenvalue weighted by Gasteiger charge is 2.37. The summed E-state index contributed by atoms with van der Waals surface area (Å²) in [4.78, 5) is 12.8. The molecule has 13 heteroatoms. The van der Waals surface area contributed by atoms with Crippen LogP contribution < -0.4 is 19.3 Å². The normalized spacial score (nSPS) is 13.6. The van der Waals surface area contributed by atoms with Crippen LogP contribution in [0.5, 0.6) is 11.5 Å². The molecule has 1 fully saturated rings. The fourth-order valence-corrected chi connectivity index (χ4v) is 6.29. The fraction of sp³-hybridized carbons (Fsp3) is 0.317. The van der Waals surface area contributed by atoms with Crippen molar-refractivity contribution in [2.24, 2.45) is 0 Å². The summed E-state index contributed by atoms with van der Waals surface area (Å²) in [5, 5.41) is 0. The molecule has 0 saturated carbocycles. The molecular formula is C41H40F6N4O3. The van der Waals surface area contributed by atoms with Gasteiger partial charge in [-0.3, -0.25) is 0 Å². The Kier molecular flexibility index (Phi) is 11.7. The number of halogens is 6. The first-order valence-corrected chi connectivity index (χ1v) is 17.4. The lowest BCUT2D eigenvalue weighted by molar-refractivity contribution is -0.143. The van der Waals surface area contributed by atoms with E-state index in [9.17, 15) is 26.3 Å². The molecule has 284 valence electrons. The quantitative estimate of drug-likeness (QED) is 0.118. The van der Waals surface area contributed by atoms with Gasteiger partial charge in [-0.05, 0) is 76.2 Å². The Balaban J connectivity index is 1.46. The number of aromatic nitrogens is 2. The first-order chi connectivity index (χ1) is 25.8. The van der Waals surface area contributed by atoms with Gasteiger partial charge in [-0.15, -0.1) is 0 Å². The third-order valence-corrected chi connectivity index (χ3v) is 9.17. The van der Waals surface area contributed by atoms with Crippen molar-refractivity contribution in [1.82, 2.24) is 9.97 Å². The molecule has 7 nitrogen and oxygen atoms in total. The molecular weight excluding hydrogens is 710 g/mol. The summed E-state index contributed by atoms with van der Waals surface area (Å²) in [6.07, 6.45) is -6.81. The Labute approximate surface area is 310 Å². The second kappa shape index (κ2) is 16.4. The van der Waals surface area contributed by atoms with Gasteiger partial charge >= 0.3 is 12.4 Å². The lowest BCUT2D eigenvalue weighted by Crippen LogP contribution is -2.36. The zero-order chi connectivity index (χ0) is 38.5. The third-order valence-electron chi connectivity index (χ3n) is 9.17. The second-order valence-electron chi connectivity index (χ2n) is 13.3. The summed E-state index contributed by atoms with van der Waals surface area (Å²) in [7, 11) is 1.56. The smallest absolute Gasteiger partial charge is 0.416 e. The van der Waals surface area contributed by atoms with Crippen LogP contribution in [-0.4, -0.2) is 43.4 Å². The summed E-state index contributed by atoms with van der Waals surface area (Å²) in [6.45, 7) is 6.30. The highest BCUT2D eigenvalue weighted by atomic mass is 19.4. The van der Waals surface area contributed by atoms with Gasteiger partial charge in [0.15, 0.2) is 0 Å². The zero-order valence-corrected chi connectivity index (χ0v) is 30.0. The van der Waals surface area contributed by atoms with E-state index < -0.39 is 23.5 Å². The van der Waals surface area contributed by atoms with Crippen LogP contribution in [0.2, 0.25) is 0 Å². The Morgan fingerprint density at radius 2 is 1.43 bits per heavy atom. The first-order valence-electron chi connectivity index (χ1n) is 17.4. The molecule has 0 unspecified atom stereocenters. The van der Waals surface area contributed by atoms with E-state index in [4.69, 9.17) is 14.2 Å². The minimum Gasteiger partial charge on any atom is -0.496 e. The second-order valence-corrected chi connectivity index (χ2v) is 13.3. The van der Waals surface area contributed by atoms with Crippen molar-refractivity contribution in [2.75, 3.05) is 43.2 Å². The highest BCUT2D eigenvalue weighted by Crippen LogP contribution is 2.39. The number of alkyl halides is 6. The monoisotopic (exact) mass is 750 g/mol. The maximum Gasteiger partial charge on any atom is 0.416 e. The van der Waals surface area contributed by atoms with E-state index >= 15 is 0 Å². The molecule has 0 N–H and O–H groups in total. The van der Waals surface area contributed by atoms with E-state index in [1.54, 1.807) is 24.4 Å². The molecule has 4 aromatic carbocycles. The van der Waals surface area contributed by atoms with Gasteiger partial charge in [0.2, 0.25) is 5.95 Å². The van der Waals surface area contributed by atoms with Crippen molar-refractivity contribution in [3.05, 3.63) is 131 Å². The largest absolute Gasteiger partial charge is 0.496 e. The van der Waals surface area contributed by atoms with Gasteiger partial charge in [-0.2, -0.15) is 26.3 Å². The Morgan fingerprint density at radius 3 is 2.04 bits per heavy atom. The van der Waals surface area contributed by atoms with E-state index in [0.717, 1.165) is 34.4 Å². The number of anilines is 2. The van der Waals surface area contributed by atoms with Gasteiger partial charge in [-0.1, -0.05) is 56.3 Å². The minimum atomic E-state index is -5.01. The van der Waals surface area contributed by atoms with Crippen LogP contribution in [0.4, 0.5) is 38.0 Å². The third kappa shape index (κ3) is 9.43. The van der Waals surface area contributed by atoms with Crippen LogP contribution >= 0.6 is 0 Å². The topological polar surface area (TPSA) is 60.0 Å². The predicted molar refractivity (Wildman–Crippen MR) is 195 cm³/mol. The van der Waals surface area contributed by atoms with E-state index in [-0.39, 0.29) is 43.2 Å². The van der Waals surface area contributed by atoms with E-state index in [1.165, 1.54) is 0 Å². The molecule has 2 heterocycles. The molecule has 1 aliphatic heterocycles. The molecule has 0 spiro atoms. The molecule has 0 atom stereocenters. The van der Waals surface area contributed by atoms with Crippen LogP contribution in [0.1, 0.15) is 53.1 Å². The van der Waals surface area contributed by atoms with E-state index in [2.05, 4.69) is 23.8 Å². The molecule has 1 aliphatic rings. The molecule has 0 radical (unpaired) electrons. The maximum atomic E-state index is 14.0. The average molecular weight is 751 g/mol. The van der Waals surface area contributed by atoms with Crippen LogP contribution in [0.15, 0.2) is 97.3 Å². The van der Waals surface area contributed by atoms with Crippen molar-refractivity contribution in [3.8, 4) is 22.6 Å². The molecule has 0 amide bonds. The lowest BCUT2D eigenvalue weighted by Gasteiger charge is -2.29. The van der Waals surface area contributed by atoms with E-state index in [1.807, 2.05) is 71.6 Å². The summed E-state index contributed by atoms with van der Waals surface area (Å²) < 4.78 is 101. The summed E-state index contributed by atoms with van der Waals surface area (Å²) in [6, 6.07) is 22.6. The van der Waals surface area contributed by atoms with Gasteiger partial charge in [0.1, 0.15) is 18.1 Å². The summed E-state index contributed by atoms with van der Waals surface area (Å²) >= 11 is 0. The number of hydrogen-bond acceptors (Lipinski definition) is 7. The fourth-order valence-electron chi connectivity index (χ4n) is 6.29. The van der Waals surface area contributed by atoms with Crippen molar-refractivity contribution in [2.45, 2.75) is 51.8 Å². The number of rotatable bonds is 12. The Bertz CT molecular complexity index is 1980. The van der Waals surface area contributed by atoms with Crippen LogP contribution in [-0.2, 0) is 36.8 Å². The van der Waals surface area contributed by atoms with Crippen LogP contribution in [0.3, 0.4) is 0 Å². The molecule has 0 aliphatic carbocycles. The van der Waals surface area contributed by atoms with Crippen molar-refractivity contribution < 1.29 is 40.6 Å². The molecule has 1 aromatic heterocycles. The van der Waals surface area contributed by atoms with Crippen molar-refractivity contribution in [1.29, 1.82) is 0 Å². The van der Waals surface area contributed by atoms with Crippen LogP contribution in [0, 0.1) is 0 Å². The first kappa shape index (κ1) is 38.4. The van der Waals surface area contributed by atoms with Crippen molar-refractivity contribution >= 4 is 11.6 Å². The molecule has 54 heavy (non-hydrogen) atoms. The van der Waals surface area contributed by atoms with Gasteiger partial charge < -0.3 is 24.0 Å². The Hall–Kier alpha value is -5.30. The number of nitrogens with zero attached hydrogens (tertiary/aromatic N) is 4. The van der Waals surface area contributed by atoms with Gasteiger partial charge in [-0.25, -0.2) is 9.97 Å².